The molecule has 0 saturated carbocycles. The Morgan fingerprint density at radius 3 is 2.20 bits per heavy atom. The van der Waals surface area contributed by atoms with Crippen molar-refractivity contribution in [2.75, 3.05) is 14.1 Å². The molecule has 0 atom stereocenters. The lowest BCUT2D eigenvalue weighted by molar-refractivity contribution is 0.524. The Morgan fingerprint density at radius 1 is 1.60 bits per heavy atom. The fraction of sp³-hybridized carbons (Fsp3) is 0.375. The van der Waals surface area contributed by atoms with Gasteiger partial charge in [-0.2, -0.15) is 5.26 Å². The molecule has 0 aromatic heterocycles. The second-order valence-electron chi connectivity index (χ2n) is 2.16. The molecule has 0 aliphatic carbocycles. The van der Waals surface area contributed by atoms with Crippen LogP contribution in [0.4, 0.5) is 0 Å². The predicted octanol–water partition coefficient (Wildman–Crippen LogP) is 1.53. The van der Waals surface area contributed by atoms with Gasteiger partial charge >= 0.3 is 0 Å². The summed E-state index contributed by atoms with van der Waals surface area (Å²) in [4.78, 5) is 1.87. The zero-order valence-electron chi connectivity index (χ0n) is 6.68. The molecule has 0 rings (SSSR count). The molecule has 0 N–H and O–H groups in total. The van der Waals surface area contributed by atoms with Crippen LogP contribution in [0.3, 0.4) is 0 Å². The smallest absolute Gasteiger partial charge is 0.101 e. The van der Waals surface area contributed by atoms with Crippen molar-refractivity contribution in [3.8, 4) is 6.07 Å². The molecule has 0 saturated heterocycles. The van der Waals surface area contributed by atoms with Crippen molar-refractivity contribution >= 4 is 0 Å². The number of hydrogen-bond acceptors (Lipinski definition) is 2. The molecule has 2 heteroatoms. The second kappa shape index (κ2) is 3.73. The van der Waals surface area contributed by atoms with E-state index in [1.807, 2.05) is 38.1 Å². The van der Waals surface area contributed by atoms with Gasteiger partial charge in [0.1, 0.15) is 6.07 Å². The van der Waals surface area contributed by atoms with Crippen LogP contribution in [0.1, 0.15) is 6.92 Å². The Bertz CT molecular complexity index is 194. The van der Waals surface area contributed by atoms with Crippen LogP contribution in [0.5, 0.6) is 0 Å². The highest BCUT2D eigenvalue weighted by atomic mass is 15.1. The van der Waals surface area contributed by atoms with Crippen LogP contribution in [0.15, 0.2) is 23.9 Å². The molecule has 0 aliphatic rings. The van der Waals surface area contributed by atoms with Crippen molar-refractivity contribution in [1.29, 1.82) is 5.26 Å². The molecule has 0 radical (unpaired) electrons. The van der Waals surface area contributed by atoms with Gasteiger partial charge in [-0.3, -0.25) is 0 Å². The molecule has 10 heavy (non-hydrogen) atoms. The maximum atomic E-state index is 8.47. The first-order chi connectivity index (χ1) is 4.63. The van der Waals surface area contributed by atoms with Gasteiger partial charge in [0.15, 0.2) is 0 Å². The molecule has 0 heterocycles. The van der Waals surface area contributed by atoms with Gasteiger partial charge in [-0.1, -0.05) is 12.7 Å². The van der Waals surface area contributed by atoms with Crippen LogP contribution in [-0.2, 0) is 0 Å². The van der Waals surface area contributed by atoms with Crippen LogP contribution in [0, 0.1) is 11.3 Å². The highest BCUT2D eigenvalue weighted by Gasteiger charge is 2.00. The first-order valence-electron chi connectivity index (χ1n) is 3.06. The van der Waals surface area contributed by atoms with E-state index < -0.39 is 0 Å². The van der Waals surface area contributed by atoms with E-state index in [2.05, 4.69) is 6.58 Å². The summed E-state index contributed by atoms with van der Waals surface area (Å²) < 4.78 is 0. The van der Waals surface area contributed by atoms with Gasteiger partial charge < -0.3 is 4.90 Å². The van der Waals surface area contributed by atoms with Gasteiger partial charge in [0.2, 0.25) is 0 Å². The second-order valence-corrected chi connectivity index (χ2v) is 2.16. The number of nitrogens with zero attached hydrogens (tertiary/aromatic N) is 2. The van der Waals surface area contributed by atoms with Crippen molar-refractivity contribution in [1.82, 2.24) is 4.90 Å². The summed E-state index contributed by atoms with van der Waals surface area (Å²) in [6.45, 7) is 5.48. The van der Waals surface area contributed by atoms with Crippen molar-refractivity contribution in [3.63, 3.8) is 0 Å². The molecular weight excluding hydrogens is 124 g/mol. The minimum absolute atomic E-state index is 0.507. The van der Waals surface area contributed by atoms with E-state index in [1.54, 1.807) is 0 Å². The summed E-state index contributed by atoms with van der Waals surface area (Å²) in [5.41, 5.74) is 1.38. The van der Waals surface area contributed by atoms with Crippen LogP contribution >= 0.6 is 0 Å². The Labute approximate surface area is 62.1 Å². The van der Waals surface area contributed by atoms with Crippen LogP contribution in [0.2, 0.25) is 0 Å². The lowest BCUT2D eigenvalue weighted by Gasteiger charge is -2.14. The molecular formula is C8H12N2. The van der Waals surface area contributed by atoms with Crippen LogP contribution < -0.4 is 0 Å². The Morgan fingerprint density at radius 2 is 2.10 bits per heavy atom. The topological polar surface area (TPSA) is 27.0 Å². The zero-order chi connectivity index (χ0) is 8.15. The van der Waals surface area contributed by atoms with Crippen molar-refractivity contribution in [2.24, 2.45) is 0 Å². The zero-order valence-corrected chi connectivity index (χ0v) is 6.68. The van der Waals surface area contributed by atoms with E-state index >= 15 is 0 Å². The molecule has 0 aromatic rings. The maximum Gasteiger partial charge on any atom is 0.101 e. The highest BCUT2D eigenvalue weighted by Crippen LogP contribution is 2.07. The number of nitriles is 1. The largest absolute Gasteiger partial charge is 0.377 e. The summed E-state index contributed by atoms with van der Waals surface area (Å²) in [6.07, 6.45) is 1.87. The van der Waals surface area contributed by atoms with E-state index in [4.69, 9.17) is 5.26 Å². The molecule has 0 spiro atoms. The number of likely N-dealkylation sites (N-methyl/N-ethyl adjacent to an activating group) is 1. The third kappa shape index (κ3) is 1.94. The minimum Gasteiger partial charge on any atom is -0.377 e. The fourth-order valence-corrected chi connectivity index (χ4v) is 0.760. The monoisotopic (exact) mass is 136 g/mol. The molecule has 0 amide bonds. The molecule has 0 aliphatic heterocycles. The minimum atomic E-state index is 0.507. The third-order valence-electron chi connectivity index (χ3n) is 1.20. The van der Waals surface area contributed by atoms with Crippen molar-refractivity contribution < 1.29 is 0 Å². The summed E-state index contributed by atoms with van der Waals surface area (Å²) in [5.74, 6) is 0. The number of hydrogen-bond donors (Lipinski definition) is 0. The van der Waals surface area contributed by atoms with Gasteiger partial charge in [-0.05, 0) is 6.92 Å². The van der Waals surface area contributed by atoms with Crippen molar-refractivity contribution in [2.45, 2.75) is 6.92 Å². The van der Waals surface area contributed by atoms with Gasteiger partial charge in [0.05, 0.1) is 5.57 Å². The summed E-state index contributed by atoms with van der Waals surface area (Å²) in [5, 5.41) is 8.47. The quantitative estimate of drug-likeness (QED) is 0.425. The number of allylic oxidation sites excluding steroid dienone is 2. The van der Waals surface area contributed by atoms with Crippen LogP contribution in [0.25, 0.3) is 0 Å². The Hall–Kier alpha value is -1.23. The molecule has 0 unspecified atom stereocenters. The van der Waals surface area contributed by atoms with E-state index in [-0.39, 0.29) is 0 Å². The maximum absolute atomic E-state index is 8.47. The van der Waals surface area contributed by atoms with E-state index in [0.717, 1.165) is 5.70 Å². The average Bonchev–Trinajstić information content (AvgIpc) is 1.88. The first kappa shape index (κ1) is 8.77. The van der Waals surface area contributed by atoms with Gasteiger partial charge in [0, 0.05) is 19.8 Å². The predicted molar refractivity (Wildman–Crippen MR) is 42.2 cm³/mol. The lowest BCUT2D eigenvalue weighted by Crippen LogP contribution is -2.11. The molecule has 0 fully saturated rings. The normalized spacial score (nSPS) is 10.4. The highest BCUT2D eigenvalue weighted by molar-refractivity contribution is 5.37. The summed E-state index contributed by atoms with van der Waals surface area (Å²) in [7, 11) is 3.77. The Kier molecular flexibility index (Phi) is 3.27. The third-order valence-corrected chi connectivity index (χ3v) is 1.20. The van der Waals surface area contributed by atoms with Gasteiger partial charge in [0.25, 0.3) is 0 Å². The molecule has 0 aromatic carbocycles. The lowest BCUT2D eigenvalue weighted by atomic mass is 10.2. The SMILES string of the molecule is C=C(C#N)/C(=C/C)N(C)C. The van der Waals surface area contributed by atoms with Gasteiger partial charge in [-0.15, -0.1) is 0 Å². The Balaban J connectivity index is 4.43. The molecule has 54 valence electrons. The van der Waals surface area contributed by atoms with E-state index in [1.165, 1.54) is 0 Å². The standard InChI is InChI=1S/C8H12N2/c1-5-8(10(3)4)7(2)6-9/h5H,2H2,1,3-4H3/b8-5-. The molecule has 0 bridgehead atoms. The summed E-state index contributed by atoms with van der Waals surface area (Å²) >= 11 is 0. The van der Waals surface area contributed by atoms with E-state index in [9.17, 15) is 0 Å². The first-order valence-corrected chi connectivity index (χ1v) is 3.06. The van der Waals surface area contributed by atoms with Crippen LogP contribution in [-0.4, -0.2) is 19.0 Å². The van der Waals surface area contributed by atoms with Crippen molar-refractivity contribution in [3.05, 3.63) is 23.9 Å². The molecule has 2 nitrogen and oxygen atoms in total. The fourth-order valence-electron chi connectivity index (χ4n) is 0.760. The van der Waals surface area contributed by atoms with E-state index in [0.29, 0.717) is 5.57 Å². The average molecular weight is 136 g/mol. The number of rotatable bonds is 2. The van der Waals surface area contributed by atoms with Gasteiger partial charge in [-0.25, -0.2) is 0 Å². The summed E-state index contributed by atoms with van der Waals surface area (Å²) in [6, 6.07) is 1.99.